The van der Waals surface area contributed by atoms with Crippen LogP contribution in [-0.2, 0) is 19.1 Å². The Morgan fingerprint density at radius 2 is 1.38 bits per heavy atom. The van der Waals surface area contributed by atoms with E-state index >= 15 is 0 Å². The second kappa shape index (κ2) is 7.38. The number of piperazine rings is 1. The number of nitrogens with zero attached hydrogens (tertiary/aromatic N) is 3. The van der Waals surface area contributed by atoms with Gasteiger partial charge in [-0.15, -0.1) is 0 Å². The molecule has 1 saturated carbocycles. The summed E-state index contributed by atoms with van der Waals surface area (Å²) in [5.41, 5.74) is 0. The lowest BCUT2D eigenvalue weighted by molar-refractivity contribution is -0.141. The molecule has 0 radical (unpaired) electrons. The fourth-order valence-electron chi connectivity index (χ4n) is 3.32. The van der Waals surface area contributed by atoms with Crippen LogP contribution in [0.4, 0.5) is 4.79 Å². The van der Waals surface area contributed by atoms with Crippen molar-refractivity contribution < 1.29 is 23.9 Å². The predicted molar refractivity (Wildman–Crippen MR) is 84.2 cm³/mol. The van der Waals surface area contributed by atoms with Crippen molar-refractivity contribution in [2.45, 2.75) is 13.3 Å². The molecule has 0 aromatic carbocycles. The molecule has 3 rings (SSSR count). The summed E-state index contributed by atoms with van der Waals surface area (Å²) in [5, 5.41) is 0. The zero-order valence-electron chi connectivity index (χ0n) is 14.1. The Labute approximate surface area is 141 Å². The first-order valence-corrected chi connectivity index (χ1v) is 8.68. The number of carbonyl (C=O) groups is 3. The Hall–Kier alpha value is -1.83. The molecule has 0 spiro atoms. The largest absolute Gasteiger partial charge is 0.450 e. The molecule has 0 N–H and O–H groups in total. The molecule has 2 unspecified atom stereocenters. The minimum absolute atomic E-state index is 0.0464. The lowest BCUT2D eigenvalue weighted by atomic mass is 10.2. The Morgan fingerprint density at radius 3 is 1.92 bits per heavy atom. The zero-order valence-corrected chi connectivity index (χ0v) is 14.1. The number of carbonyl (C=O) groups excluding carboxylic acids is 3. The summed E-state index contributed by atoms with van der Waals surface area (Å²) in [7, 11) is 0. The molecule has 0 aromatic heterocycles. The summed E-state index contributed by atoms with van der Waals surface area (Å²) < 4.78 is 10.2. The zero-order chi connectivity index (χ0) is 17.1. The van der Waals surface area contributed by atoms with Gasteiger partial charge in [0.1, 0.15) is 0 Å². The molecule has 2 aliphatic heterocycles. The predicted octanol–water partition coefficient (Wildman–Crippen LogP) is -0.218. The lowest BCUT2D eigenvalue weighted by Gasteiger charge is -2.34. The summed E-state index contributed by atoms with van der Waals surface area (Å²) in [6.45, 7) is 6.50. The van der Waals surface area contributed by atoms with Gasteiger partial charge in [-0.05, 0) is 13.3 Å². The van der Waals surface area contributed by atoms with Crippen LogP contribution in [0.2, 0.25) is 0 Å². The number of rotatable bonds is 3. The molecule has 2 heterocycles. The van der Waals surface area contributed by atoms with Crippen molar-refractivity contribution >= 4 is 17.9 Å². The number of morpholine rings is 1. The van der Waals surface area contributed by atoms with Crippen LogP contribution in [0.25, 0.3) is 0 Å². The van der Waals surface area contributed by atoms with E-state index in [1.807, 2.05) is 0 Å². The number of amides is 3. The molecule has 3 aliphatic rings. The maximum Gasteiger partial charge on any atom is 0.409 e. The van der Waals surface area contributed by atoms with E-state index in [1.54, 1.807) is 21.6 Å². The smallest absolute Gasteiger partial charge is 0.409 e. The first-order valence-electron chi connectivity index (χ1n) is 8.68. The molecule has 8 nitrogen and oxygen atoms in total. The van der Waals surface area contributed by atoms with Gasteiger partial charge in [-0.3, -0.25) is 9.59 Å². The van der Waals surface area contributed by atoms with E-state index in [4.69, 9.17) is 9.47 Å². The van der Waals surface area contributed by atoms with Gasteiger partial charge < -0.3 is 24.2 Å². The number of hydrogen-bond acceptors (Lipinski definition) is 5. The van der Waals surface area contributed by atoms with E-state index in [0.29, 0.717) is 65.5 Å². The normalized spacial score (nSPS) is 27.0. The van der Waals surface area contributed by atoms with Crippen LogP contribution in [0.15, 0.2) is 0 Å². The van der Waals surface area contributed by atoms with Crippen molar-refractivity contribution in [3.8, 4) is 0 Å². The van der Waals surface area contributed by atoms with Crippen LogP contribution < -0.4 is 0 Å². The highest BCUT2D eigenvalue weighted by Crippen LogP contribution is 2.41. The van der Waals surface area contributed by atoms with Crippen LogP contribution >= 0.6 is 0 Å². The van der Waals surface area contributed by atoms with Gasteiger partial charge in [0.2, 0.25) is 11.8 Å². The van der Waals surface area contributed by atoms with Crippen LogP contribution in [0.5, 0.6) is 0 Å². The second-order valence-corrected chi connectivity index (χ2v) is 6.40. The van der Waals surface area contributed by atoms with Crippen molar-refractivity contribution in [1.29, 1.82) is 0 Å². The maximum absolute atomic E-state index is 12.6. The SMILES string of the molecule is CCOC(=O)N1CCN(C(=O)C2CC2C(=O)N2CCOCC2)CC1. The van der Waals surface area contributed by atoms with Gasteiger partial charge >= 0.3 is 6.09 Å². The fourth-order valence-corrected chi connectivity index (χ4v) is 3.32. The topological polar surface area (TPSA) is 79.4 Å². The highest BCUT2D eigenvalue weighted by Gasteiger charge is 2.51. The summed E-state index contributed by atoms with van der Waals surface area (Å²) >= 11 is 0. The van der Waals surface area contributed by atoms with E-state index in [2.05, 4.69) is 0 Å². The van der Waals surface area contributed by atoms with Crippen LogP contribution in [0.3, 0.4) is 0 Å². The quantitative estimate of drug-likeness (QED) is 0.710. The molecule has 0 bridgehead atoms. The van der Waals surface area contributed by atoms with Crippen LogP contribution in [-0.4, -0.2) is 91.7 Å². The van der Waals surface area contributed by atoms with Crippen molar-refractivity contribution in [3.05, 3.63) is 0 Å². The summed E-state index contributed by atoms with van der Waals surface area (Å²) in [5.74, 6) is -0.222. The molecule has 3 fully saturated rings. The van der Waals surface area contributed by atoms with Gasteiger partial charge in [-0.1, -0.05) is 0 Å². The lowest BCUT2D eigenvalue weighted by Crippen LogP contribution is -2.51. The minimum atomic E-state index is -0.323. The van der Waals surface area contributed by atoms with Crippen molar-refractivity contribution in [2.24, 2.45) is 11.8 Å². The molecule has 3 amide bonds. The molecular weight excluding hydrogens is 314 g/mol. The number of ether oxygens (including phenoxy) is 2. The summed E-state index contributed by atoms with van der Waals surface area (Å²) in [6, 6.07) is 0. The Bertz CT molecular complexity index is 498. The first kappa shape index (κ1) is 17.0. The molecule has 24 heavy (non-hydrogen) atoms. The summed E-state index contributed by atoms with van der Waals surface area (Å²) in [6.07, 6.45) is 0.323. The highest BCUT2D eigenvalue weighted by atomic mass is 16.6. The second-order valence-electron chi connectivity index (χ2n) is 6.40. The monoisotopic (exact) mass is 339 g/mol. The van der Waals surface area contributed by atoms with E-state index in [9.17, 15) is 14.4 Å². The van der Waals surface area contributed by atoms with E-state index in [0.717, 1.165) is 0 Å². The highest BCUT2D eigenvalue weighted by molar-refractivity contribution is 5.92. The number of hydrogen-bond donors (Lipinski definition) is 0. The average molecular weight is 339 g/mol. The van der Waals surface area contributed by atoms with Gasteiger partial charge in [0.15, 0.2) is 0 Å². The van der Waals surface area contributed by atoms with Crippen LogP contribution in [0.1, 0.15) is 13.3 Å². The van der Waals surface area contributed by atoms with Crippen molar-refractivity contribution in [1.82, 2.24) is 14.7 Å². The van der Waals surface area contributed by atoms with Gasteiger partial charge in [0.25, 0.3) is 0 Å². The van der Waals surface area contributed by atoms with Gasteiger partial charge in [0, 0.05) is 39.3 Å². The van der Waals surface area contributed by atoms with Crippen molar-refractivity contribution in [3.63, 3.8) is 0 Å². The Kier molecular flexibility index (Phi) is 5.23. The average Bonchev–Trinajstić information content (AvgIpc) is 3.42. The molecule has 134 valence electrons. The van der Waals surface area contributed by atoms with Gasteiger partial charge in [-0.2, -0.15) is 0 Å². The molecular formula is C16H25N3O5. The molecule has 0 aromatic rings. The van der Waals surface area contributed by atoms with Gasteiger partial charge in [0.05, 0.1) is 31.7 Å². The van der Waals surface area contributed by atoms with E-state index < -0.39 is 0 Å². The maximum atomic E-state index is 12.6. The Balaban J connectivity index is 1.45. The van der Waals surface area contributed by atoms with E-state index in [-0.39, 0.29) is 29.7 Å². The van der Waals surface area contributed by atoms with Crippen LogP contribution in [0, 0.1) is 11.8 Å². The molecule has 2 saturated heterocycles. The third-order valence-electron chi connectivity index (χ3n) is 4.86. The third-order valence-corrected chi connectivity index (χ3v) is 4.86. The fraction of sp³-hybridized carbons (Fsp3) is 0.812. The first-order chi connectivity index (χ1) is 11.6. The molecule has 2 atom stereocenters. The summed E-state index contributed by atoms with van der Waals surface area (Å²) in [4.78, 5) is 41.8. The Morgan fingerprint density at radius 1 is 0.875 bits per heavy atom. The molecule has 1 aliphatic carbocycles. The third kappa shape index (κ3) is 3.63. The van der Waals surface area contributed by atoms with Gasteiger partial charge in [-0.25, -0.2) is 4.79 Å². The molecule has 8 heteroatoms. The standard InChI is InChI=1S/C16H25N3O5/c1-2-24-16(22)19-5-3-17(4-6-19)14(20)12-11-13(12)15(21)18-7-9-23-10-8-18/h12-13H,2-11H2,1H3. The minimum Gasteiger partial charge on any atom is -0.450 e. The van der Waals surface area contributed by atoms with E-state index in [1.165, 1.54) is 0 Å². The van der Waals surface area contributed by atoms with Crippen molar-refractivity contribution in [2.75, 3.05) is 59.1 Å².